The fourth-order valence-electron chi connectivity index (χ4n) is 0.563. The number of amides is 1. The van der Waals surface area contributed by atoms with Crippen molar-refractivity contribution in [2.75, 3.05) is 0 Å². The van der Waals surface area contributed by atoms with Gasteiger partial charge in [-0.3, -0.25) is 4.79 Å². The first-order chi connectivity index (χ1) is 4.84. The Kier molecular flexibility index (Phi) is 2.10. The Bertz CT molecular complexity index is 272. The Morgan fingerprint density at radius 1 is 1.80 bits per heavy atom. The second kappa shape index (κ2) is 3.06. The van der Waals surface area contributed by atoms with Crippen molar-refractivity contribution in [1.29, 1.82) is 0 Å². The van der Waals surface area contributed by atoms with Gasteiger partial charge in [-0.2, -0.15) is 4.99 Å². The van der Waals surface area contributed by atoms with Gasteiger partial charge in [-0.25, -0.2) is 0 Å². The Morgan fingerprint density at radius 2 is 2.60 bits per heavy atom. The lowest BCUT2D eigenvalue weighted by atomic mass is 10.3. The Morgan fingerprint density at radius 3 is 3.10 bits per heavy atom. The summed E-state index contributed by atoms with van der Waals surface area (Å²) in [5.74, 6) is -0.365. The van der Waals surface area contributed by atoms with E-state index in [9.17, 15) is 4.79 Å². The smallest absolute Gasteiger partial charge is 0.287 e. The van der Waals surface area contributed by atoms with Crippen LogP contribution in [-0.2, 0) is 0 Å². The third-order valence-corrected chi connectivity index (χ3v) is 1.08. The molecule has 0 unspecified atom stereocenters. The summed E-state index contributed by atoms with van der Waals surface area (Å²) in [4.78, 5) is 16.8. The molecule has 1 rings (SSSR count). The molecule has 1 amide bonds. The normalized spacial score (nSPS) is 8.40. The molecule has 0 radical (unpaired) electrons. The number of carbonyl (C=O) groups excluding carboxylic acids is 1. The summed E-state index contributed by atoms with van der Waals surface area (Å²) < 4.78 is 0. The molecule has 1 aromatic heterocycles. The largest absolute Gasteiger partial charge is 0.367 e. The molecule has 0 aliphatic carbocycles. The van der Waals surface area contributed by atoms with Gasteiger partial charge < -0.3 is 4.98 Å². The van der Waals surface area contributed by atoms with Gasteiger partial charge in [-0.1, -0.05) is 0 Å². The van der Waals surface area contributed by atoms with Crippen LogP contribution in [0.4, 0.5) is 0 Å². The number of hydrogen-bond acceptors (Lipinski definition) is 2. The fraction of sp³-hybridized carbons (Fsp3) is 0. The predicted molar refractivity (Wildman–Crippen MR) is 40.1 cm³/mol. The second-order valence-electron chi connectivity index (χ2n) is 1.61. The molecule has 0 aromatic carbocycles. The number of H-pyrrole nitrogens is 1. The summed E-state index contributed by atoms with van der Waals surface area (Å²) in [5, 5.41) is 2.00. The van der Waals surface area contributed by atoms with Gasteiger partial charge in [0.05, 0.1) is 10.7 Å². The van der Waals surface area contributed by atoms with Gasteiger partial charge in [-0.15, -0.1) is 0 Å². The number of isothiocyanates is 1. The minimum Gasteiger partial charge on any atom is -0.367 e. The standard InChI is InChI=1S/C6H4N2OS/c9-6(8-4-10)5-1-2-7-3-5/h1-3,7H. The van der Waals surface area contributed by atoms with E-state index in [1.807, 2.05) is 5.16 Å². The first-order valence-electron chi connectivity index (χ1n) is 2.59. The maximum absolute atomic E-state index is 10.8. The zero-order valence-corrected chi connectivity index (χ0v) is 5.81. The average Bonchev–Trinajstić information content (AvgIpc) is 2.38. The van der Waals surface area contributed by atoms with Gasteiger partial charge in [0.2, 0.25) is 0 Å². The van der Waals surface area contributed by atoms with Crippen molar-refractivity contribution in [1.82, 2.24) is 4.98 Å². The molecule has 4 heteroatoms. The number of aromatic nitrogens is 1. The predicted octanol–water partition coefficient (Wildman–Crippen LogP) is 1.26. The number of nitrogens with zero attached hydrogens (tertiary/aromatic N) is 1. The van der Waals surface area contributed by atoms with Crippen molar-refractivity contribution in [2.45, 2.75) is 0 Å². The maximum atomic E-state index is 10.8. The number of aromatic amines is 1. The molecular formula is C6H4N2OS. The van der Waals surface area contributed by atoms with Gasteiger partial charge in [-0.05, 0) is 18.3 Å². The summed E-state index contributed by atoms with van der Waals surface area (Å²) in [6.45, 7) is 0. The molecule has 3 nitrogen and oxygen atoms in total. The van der Waals surface area contributed by atoms with E-state index in [0.29, 0.717) is 5.56 Å². The summed E-state index contributed by atoms with van der Waals surface area (Å²) >= 11 is 4.25. The van der Waals surface area contributed by atoms with Crippen LogP contribution in [0.25, 0.3) is 0 Å². The van der Waals surface area contributed by atoms with E-state index >= 15 is 0 Å². The lowest BCUT2D eigenvalue weighted by Crippen LogP contribution is -1.89. The van der Waals surface area contributed by atoms with Crippen molar-refractivity contribution < 1.29 is 4.79 Å². The van der Waals surface area contributed by atoms with Crippen LogP contribution < -0.4 is 0 Å². The molecule has 0 aliphatic rings. The maximum Gasteiger partial charge on any atom is 0.287 e. The first kappa shape index (κ1) is 6.86. The van der Waals surface area contributed by atoms with E-state index in [4.69, 9.17) is 0 Å². The fourth-order valence-corrected chi connectivity index (χ4v) is 0.646. The highest BCUT2D eigenvalue weighted by molar-refractivity contribution is 7.78. The van der Waals surface area contributed by atoms with Crippen molar-refractivity contribution in [3.05, 3.63) is 24.0 Å². The number of thiocarbonyl (C=S) groups is 1. The quantitative estimate of drug-likeness (QED) is 0.486. The molecule has 0 saturated carbocycles. The van der Waals surface area contributed by atoms with Crippen LogP contribution in [0.1, 0.15) is 10.4 Å². The monoisotopic (exact) mass is 152 g/mol. The summed E-state index contributed by atoms with van der Waals surface area (Å²) in [7, 11) is 0. The van der Waals surface area contributed by atoms with Crippen LogP contribution in [0.2, 0.25) is 0 Å². The van der Waals surface area contributed by atoms with Crippen molar-refractivity contribution in [2.24, 2.45) is 4.99 Å². The Hall–Kier alpha value is -1.25. The van der Waals surface area contributed by atoms with Crippen LogP contribution >= 0.6 is 12.2 Å². The van der Waals surface area contributed by atoms with E-state index in [1.165, 1.54) is 0 Å². The van der Waals surface area contributed by atoms with Crippen LogP contribution in [0, 0.1) is 0 Å². The van der Waals surface area contributed by atoms with E-state index < -0.39 is 0 Å². The number of nitrogens with one attached hydrogen (secondary N) is 1. The lowest BCUT2D eigenvalue weighted by molar-refractivity contribution is 0.100. The molecule has 0 atom stereocenters. The zero-order chi connectivity index (χ0) is 7.40. The molecule has 0 bridgehead atoms. The average molecular weight is 152 g/mol. The van der Waals surface area contributed by atoms with Crippen LogP contribution in [0.5, 0.6) is 0 Å². The zero-order valence-electron chi connectivity index (χ0n) is 5.00. The Balaban J connectivity index is 2.87. The topological polar surface area (TPSA) is 45.2 Å². The number of hydrogen-bond donors (Lipinski definition) is 1. The molecule has 50 valence electrons. The van der Waals surface area contributed by atoms with E-state index in [2.05, 4.69) is 22.2 Å². The number of carbonyl (C=O) groups is 1. The summed E-state index contributed by atoms with van der Waals surface area (Å²) in [5.41, 5.74) is 0.498. The molecule has 1 N–H and O–H groups in total. The van der Waals surface area contributed by atoms with Crippen LogP contribution in [-0.4, -0.2) is 16.1 Å². The third-order valence-electron chi connectivity index (χ3n) is 0.992. The highest BCUT2D eigenvalue weighted by atomic mass is 32.1. The van der Waals surface area contributed by atoms with Crippen molar-refractivity contribution >= 4 is 23.3 Å². The number of rotatable bonds is 1. The number of aliphatic imine (C=N–C) groups is 1. The van der Waals surface area contributed by atoms with Gasteiger partial charge in [0, 0.05) is 12.4 Å². The van der Waals surface area contributed by atoms with Crippen molar-refractivity contribution in [3.8, 4) is 0 Å². The molecule has 0 saturated heterocycles. The minimum absolute atomic E-state index is 0.365. The highest BCUT2D eigenvalue weighted by Gasteiger charge is 2.00. The van der Waals surface area contributed by atoms with E-state index in [-0.39, 0.29) is 5.91 Å². The Labute approximate surface area is 62.8 Å². The third kappa shape index (κ3) is 1.37. The molecule has 1 aromatic rings. The van der Waals surface area contributed by atoms with Crippen LogP contribution in [0.3, 0.4) is 0 Å². The molecule has 1 heterocycles. The SMILES string of the molecule is O=C(N=C=S)c1cc[nH]c1. The molecule has 10 heavy (non-hydrogen) atoms. The molecule has 0 aliphatic heterocycles. The summed E-state index contributed by atoms with van der Waals surface area (Å²) in [6, 6.07) is 1.62. The second-order valence-corrected chi connectivity index (χ2v) is 1.79. The molecular weight excluding hydrogens is 148 g/mol. The van der Waals surface area contributed by atoms with Crippen LogP contribution in [0.15, 0.2) is 23.5 Å². The minimum atomic E-state index is -0.365. The lowest BCUT2D eigenvalue weighted by Gasteiger charge is -1.80. The van der Waals surface area contributed by atoms with Gasteiger partial charge in [0.25, 0.3) is 5.91 Å². The van der Waals surface area contributed by atoms with Gasteiger partial charge in [0.1, 0.15) is 0 Å². The van der Waals surface area contributed by atoms with Crippen molar-refractivity contribution in [3.63, 3.8) is 0 Å². The molecule has 0 fully saturated rings. The first-order valence-corrected chi connectivity index (χ1v) is 3.00. The summed E-state index contributed by atoms with van der Waals surface area (Å²) in [6.07, 6.45) is 3.20. The van der Waals surface area contributed by atoms with E-state index in [1.54, 1.807) is 18.5 Å². The van der Waals surface area contributed by atoms with Gasteiger partial charge >= 0.3 is 0 Å². The van der Waals surface area contributed by atoms with E-state index in [0.717, 1.165) is 0 Å². The molecule has 0 spiro atoms. The highest BCUT2D eigenvalue weighted by Crippen LogP contribution is 1.97. The van der Waals surface area contributed by atoms with Gasteiger partial charge in [0.15, 0.2) is 0 Å².